The van der Waals surface area contributed by atoms with Crippen LogP contribution >= 0.6 is 0 Å². The maximum atomic E-state index is 12.8. The van der Waals surface area contributed by atoms with Gasteiger partial charge in [-0.05, 0) is 12.1 Å². The molecule has 5 nitrogen and oxygen atoms in total. The molecule has 2 heterocycles. The van der Waals surface area contributed by atoms with Crippen molar-refractivity contribution < 1.29 is 13.7 Å². The highest BCUT2D eigenvalue weighted by Gasteiger charge is 2.27. The molecule has 1 fully saturated rings. The molecule has 0 amide bonds. The summed E-state index contributed by atoms with van der Waals surface area (Å²) in [7, 11) is -3.43. The molecule has 1 saturated heterocycles. The zero-order chi connectivity index (χ0) is 14.0. The van der Waals surface area contributed by atoms with Crippen molar-refractivity contribution in [1.82, 2.24) is 9.29 Å². The van der Waals surface area contributed by atoms with E-state index in [1.165, 1.54) is 0 Å². The standard InChI is InChI=1S/C14H17N3O2S/c18-20(19,17-9-2-6-15-8-10-17)14-4-1-3-12-11-16-7-5-13(12)14/h1,3-5,7,11,15H,2,6,8-10H2/p+1. The summed E-state index contributed by atoms with van der Waals surface area (Å²) in [5.74, 6) is 0. The Bertz CT molecular complexity index is 702. The van der Waals surface area contributed by atoms with Gasteiger partial charge in [-0.1, -0.05) is 12.1 Å². The van der Waals surface area contributed by atoms with Gasteiger partial charge in [0.2, 0.25) is 10.0 Å². The molecule has 6 heteroatoms. The zero-order valence-electron chi connectivity index (χ0n) is 11.2. The van der Waals surface area contributed by atoms with E-state index in [2.05, 4.69) is 10.3 Å². The van der Waals surface area contributed by atoms with E-state index in [1.807, 2.05) is 6.07 Å². The monoisotopic (exact) mass is 292 g/mol. The lowest BCUT2D eigenvalue weighted by Gasteiger charge is -2.19. The van der Waals surface area contributed by atoms with Crippen LogP contribution in [0.25, 0.3) is 10.8 Å². The number of aromatic nitrogens is 1. The van der Waals surface area contributed by atoms with Crippen LogP contribution < -0.4 is 5.32 Å². The van der Waals surface area contributed by atoms with Gasteiger partial charge in [-0.15, -0.1) is 0 Å². The summed E-state index contributed by atoms with van der Waals surface area (Å²) in [6.07, 6.45) is 4.23. The molecule has 20 heavy (non-hydrogen) atoms. The summed E-state index contributed by atoms with van der Waals surface area (Å²) < 4.78 is 27.3. The summed E-state index contributed by atoms with van der Waals surface area (Å²) >= 11 is 0. The normalized spacial score (nSPS) is 18.0. The first-order valence-corrected chi connectivity index (χ1v) is 8.28. The molecule has 2 N–H and O–H groups in total. The number of rotatable bonds is 2. The molecule has 0 atom stereocenters. The van der Waals surface area contributed by atoms with Gasteiger partial charge < -0.3 is 5.32 Å². The first kappa shape index (κ1) is 13.5. The second-order valence-corrected chi connectivity index (χ2v) is 6.88. The van der Waals surface area contributed by atoms with Gasteiger partial charge in [0, 0.05) is 36.1 Å². The molecular formula is C14H18N3O2S+. The molecule has 0 aliphatic carbocycles. The summed E-state index contributed by atoms with van der Waals surface area (Å²) in [5.41, 5.74) is 0. The van der Waals surface area contributed by atoms with Crippen LogP contribution in [0.4, 0.5) is 0 Å². The lowest BCUT2D eigenvalue weighted by atomic mass is 10.2. The lowest BCUT2D eigenvalue weighted by molar-refractivity contribution is -0.651. The van der Waals surface area contributed by atoms with Crippen molar-refractivity contribution in [3.63, 3.8) is 0 Å². The van der Waals surface area contributed by atoms with E-state index in [0.717, 1.165) is 30.3 Å². The molecule has 1 aliphatic heterocycles. The van der Waals surface area contributed by atoms with Crippen LogP contribution in [0, 0.1) is 0 Å². The average molecular weight is 292 g/mol. The minimum atomic E-state index is -3.43. The second kappa shape index (κ2) is 5.47. The molecule has 1 aliphatic rings. The maximum absolute atomic E-state index is 12.8. The van der Waals surface area contributed by atoms with Crippen molar-refractivity contribution in [2.75, 3.05) is 26.2 Å². The number of pyridine rings is 1. The number of nitrogens with two attached hydrogens (primary N) is 1. The molecule has 1 aromatic heterocycles. The van der Waals surface area contributed by atoms with E-state index in [4.69, 9.17) is 0 Å². The van der Waals surface area contributed by atoms with E-state index in [0.29, 0.717) is 18.0 Å². The summed E-state index contributed by atoms with van der Waals surface area (Å²) in [6, 6.07) is 7.12. The molecular weight excluding hydrogens is 274 g/mol. The third-order valence-electron chi connectivity index (χ3n) is 3.66. The highest BCUT2D eigenvalue weighted by atomic mass is 32.2. The number of hydrogen-bond acceptors (Lipinski definition) is 3. The van der Waals surface area contributed by atoms with Gasteiger partial charge in [0.25, 0.3) is 0 Å². The number of benzene rings is 1. The van der Waals surface area contributed by atoms with Crippen LogP contribution in [0.2, 0.25) is 0 Å². The van der Waals surface area contributed by atoms with Gasteiger partial charge in [-0.25, -0.2) is 8.42 Å². The van der Waals surface area contributed by atoms with Crippen LogP contribution in [0.15, 0.2) is 41.6 Å². The molecule has 0 unspecified atom stereocenters. The Labute approximate surface area is 118 Å². The van der Waals surface area contributed by atoms with Gasteiger partial charge in [-0.2, -0.15) is 4.31 Å². The van der Waals surface area contributed by atoms with Gasteiger partial charge >= 0.3 is 0 Å². The number of hydrogen-bond donors (Lipinski definition) is 1. The van der Waals surface area contributed by atoms with Crippen molar-refractivity contribution in [1.29, 1.82) is 0 Å². The third kappa shape index (κ3) is 2.42. The summed E-state index contributed by atoms with van der Waals surface area (Å²) in [5, 5.41) is 3.77. The molecule has 2 aromatic rings. The SMILES string of the molecule is O=S(=O)(c1cccc2cnccc12)N1CCC[NH2+]CC1. The topological polar surface area (TPSA) is 66.9 Å². The molecule has 106 valence electrons. The van der Waals surface area contributed by atoms with E-state index in [9.17, 15) is 8.42 Å². The van der Waals surface area contributed by atoms with Crippen molar-refractivity contribution in [2.24, 2.45) is 0 Å². The Kier molecular flexibility index (Phi) is 3.69. The van der Waals surface area contributed by atoms with Gasteiger partial charge in [-0.3, -0.25) is 4.98 Å². The molecule has 0 spiro atoms. The largest absolute Gasteiger partial charge is 0.345 e. The maximum Gasteiger partial charge on any atom is 0.243 e. The van der Waals surface area contributed by atoms with Crippen molar-refractivity contribution in [3.8, 4) is 0 Å². The van der Waals surface area contributed by atoms with Crippen LogP contribution in [-0.2, 0) is 10.0 Å². The smallest absolute Gasteiger partial charge is 0.243 e. The molecule has 0 saturated carbocycles. The Morgan fingerprint density at radius 3 is 2.95 bits per heavy atom. The second-order valence-electron chi connectivity index (χ2n) is 4.98. The Morgan fingerprint density at radius 1 is 1.15 bits per heavy atom. The number of sulfonamides is 1. The van der Waals surface area contributed by atoms with Crippen LogP contribution in [-0.4, -0.2) is 43.9 Å². The fourth-order valence-electron chi connectivity index (χ4n) is 2.60. The minimum Gasteiger partial charge on any atom is -0.345 e. The highest BCUT2D eigenvalue weighted by molar-refractivity contribution is 7.89. The molecule has 0 bridgehead atoms. The molecule has 3 rings (SSSR count). The van der Waals surface area contributed by atoms with Gasteiger partial charge in [0.15, 0.2) is 0 Å². The highest BCUT2D eigenvalue weighted by Crippen LogP contribution is 2.25. The van der Waals surface area contributed by atoms with Crippen LogP contribution in [0.5, 0.6) is 0 Å². The number of quaternary nitrogens is 1. The van der Waals surface area contributed by atoms with Crippen molar-refractivity contribution >= 4 is 20.8 Å². The third-order valence-corrected chi connectivity index (χ3v) is 5.61. The lowest BCUT2D eigenvalue weighted by Crippen LogP contribution is -2.84. The van der Waals surface area contributed by atoms with Crippen LogP contribution in [0.3, 0.4) is 0 Å². The van der Waals surface area contributed by atoms with Gasteiger partial charge in [0.1, 0.15) is 0 Å². The van der Waals surface area contributed by atoms with E-state index in [-0.39, 0.29) is 0 Å². The fourth-order valence-corrected chi connectivity index (χ4v) is 4.31. The first-order valence-electron chi connectivity index (χ1n) is 6.84. The minimum absolute atomic E-state index is 0.388. The Balaban J connectivity index is 2.09. The Morgan fingerprint density at radius 2 is 2.05 bits per heavy atom. The summed E-state index contributed by atoms with van der Waals surface area (Å²) in [6.45, 7) is 2.99. The number of fused-ring (bicyclic) bond motifs is 1. The van der Waals surface area contributed by atoms with E-state index >= 15 is 0 Å². The zero-order valence-corrected chi connectivity index (χ0v) is 12.0. The van der Waals surface area contributed by atoms with Crippen molar-refractivity contribution in [3.05, 3.63) is 36.7 Å². The summed E-state index contributed by atoms with van der Waals surface area (Å²) in [4.78, 5) is 4.44. The molecule has 0 radical (unpaired) electrons. The fraction of sp³-hybridized carbons (Fsp3) is 0.357. The van der Waals surface area contributed by atoms with Crippen LogP contribution in [0.1, 0.15) is 6.42 Å². The first-order chi connectivity index (χ1) is 9.69. The van der Waals surface area contributed by atoms with Crippen molar-refractivity contribution in [2.45, 2.75) is 11.3 Å². The average Bonchev–Trinajstić information content (AvgIpc) is 2.76. The number of nitrogens with zero attached hydrogens (tertiary/aromatic N) is 2. The van der Waals surface area contributed by atoms with E-state index < -0.39 is 10.0 Å². The predicted octanol–water partition coefficient (Wildman–Crippen LogP) is 0.193. The molecule has 1 aromatic carbocycles. The Hall–Kier alpha value is -1.50. The quantitative estimate of drug-likeness (QED) is 0.859. The predicted molar refractivity (Wildman–Crippen MR) is 76.8 cm³/mol. The van der Waals surface area contributed by atoms with E-state index in [1.54, 1.807) is 34.9 Å². The van der Waals surface area contributed by atoms with Gasteiger partial charge in [0.05, 0.1) is 24.5 Å².